The summed E-state index contributed by atoms with van der Waals surface area (Å²) >= 11 is 0. The number of alkyl halides is 6. The lowest BCUT2D eigenvalue weighted by atomic mass is 10.0. The van der Waals surface area contributed by atoms with Crippen LogP contribution in [0.2, 0.25) is 0 Å². The summed E-state index contributed by atoms with van der Waals surface area (Å²) in [7, 11) is 0.923. The molecule has 8 nitrogen and oxygen atoms in total. The van der Waals surface area contributed by atoms with Crippen LogP contribution in [0.4, 0.5) is 26.3 Å². The van der Waals surface area contributed by atoms with Crippen LogP contribution in [0.1, 0.15) is 6.92 Å². The molecular formula is C12H12F6O8. The van der Waals surface area contributed by atoms with E-state index in [9.17, 15) is 40.7 Å². The highest BCUT2D eigenvalue weighted by atomic mass is 19.4. The maximum absolute atomic E-state index is 12.4. The first-order valence-electron chi connectivity index (χ1n) is 6.64. The summed E-state index contributed by atoms with van der Waals surface area (Å²) < 4.78 is 96.3. The molecule has 0 aromatic heterocycles. The van der Waals surface area contributed by atoms with Gasteiger partial charge in [0.15, 0.2) is 24.6 Å². The number of rotatable bonds is 4. The van der Waals surface area contributed by atoms with Crippen molar-refractivity contribution in [3.05, 3.63) is 0 Å². The molecule has 1 fully saturated rings. The quantitative estimate of drug-likeness (QED) is 0.391. The fourth-order valence-electron chi connectivity index (χ4n) is 1.90. The van der Waals surface area contributed by atoms with Crippen molar-refractivity contribution in [2.24, 2.45) is 0 Å². The van der Waals surface area contributed by atoms with Crippen LogP contribution in [-0.2, 0) is 38.1 Å². The molecule has 26 heavy (non-hydrogen) atoms. The third-order valence-electron chi connectivity index (χ3n) is 2.88. The number of ether oxygens (including phenoxy) is 5. The first-order chi connectivity index (χ1) is 11.8. The van der Waals surface area contributed by atoms with Gasteiger partial charge < -0.3 is 23.7 Å². The van der Waals surface area contributed by atoms with Gasteiger partial charge in [-0.2, -0.15) is 26.3 Å². The summed E-state index contributed by atoms with van der Waals surface area (Å²) in [4.78, 5) is 33.1. The zero-order valence-corrected chi connectivity index (χ0v) is 13.1. The van der Waals surface area contributed by atoms with Gasteiger partial charge in [-0.25, -0.2) is 9.59 Å². The third kappa shape index (κ3) is 5.72. The fourth-order valence-corrected chi connectivity index (χ4v) is 1.90. The number of hydrogen-bond donors (Lipinski definition) is 0. The van der Waals surface area contributed by atoms with Crippen LogP contribution in [0, 0.1) is 0 Å². The molecule has 0 aromatic rings. The highest BCUT2D eigenvalue weighted by Crippen LogP contribution is 2.29. The van der Waals surface area contributed by atoms with Crippen molar-refractivity contribution in [1.82, 2.24) is 0 Å². The molecule has 150 valence electrons. The van der Waals surface area contributed by atoms with Crippen LogP contribution in [-0.4, -0.2) is 68.6 Å². The van der Waals surface area contributed by atoms with Gasteiger partial charge in [0, 0.05) is 14.0 Å². The smallest absolute Gasteiger partial charge is 0.454 e. The van der Waals surface area contributed by atoms with E-state index in [2.05, 4.69) is 18.9 Å². The Morgan fingerprint density at radius 2 is 1.38 bits per heavy atom. The molecule has 0 radical (unpaired) electrons. The number of methoxy groups -OCH3 is 1. The molecule has 0 N–H and O–H groups in total. The van der Waals surface area contributed by atoms with Crippen molar-refractivity contribution < 1.29 is 64.4 Å². The Morgan fingerprint density at radius 1 is 0.885 bits per heavy atom. The first-order valence-corrected chi connectivity index (χ1v) is 6.64. The molecule has 1 rings (SSSR count). The second-order valence-corrected chi connectivity index (χ2v) is 4.82. The van der Waals surface area contributed by atoms with Gasteiger partial charge in [-0.3, -0.25) is 4.79 Å². The molecule has 0 aliphatic carbocycles. The van der Waals surface area contributed by atoms with Crippen molar-refractivity contribution in [3.8, 4) is 0 Å². The van der Waals surface area contributed by atoms with Gasteiger partial charge in [-0.1, -0.05) is 0 Å². The van der Waals surface area contributed by atoms with E-state index in [0.717, 1.165) is 14.0 Å². The summed E-state index contributed by atoms with van der Waals surface area (Å²) in [6, 6.07) is 0. The van der Waals surface area contributed by atoms with Crippen LogP contribution in [0.5, 0.6) is 0 Å². The van der Waals surface area contributed by atoms with E-state index < -0.39 is 61.5 Å². The Bertz CT molecular complexity index is 545. The van der Waals surface area contributed by atoms with E-state index in [0.29, 0.717) is 0 Å². The Hall–Kier alpha value is -2.09. The average molecular weight is 398 g/mol. The van der Waals surface area contributed by atoms with Crippen molar-refractivity contribution in [2.45, 2.75) is 43.9 Å². The second kappa shape index (κ2) is 8.07. The van der Waals surface area contributed by atoms with Gasteiger partial charge >= 0.3 is 30.3 Å². The molecule has 0 bridgehead atoms. The first kappa shape index (κ1) is 22.0. The van der Waals surface area contributed by atoms with Gasteiger partial charge in [0.1, 0.15) is 0 Å². The minimum absolute atomic E-state index is 0.780. The second-order valence-electron chi connectivity index (χ2n) is 4.82. The largest absolute Gasteiger partial charge is 0.490 e. The molecule has 14 heteroatoms. The molecular weight excluding hydrogens is 386 g/mol. The lowest BCUT2D eigenvalue weighted by Gasteiger charge is -2.39. The Kier molecular flexibility index (Phi) is 6.82. The molecule has 0 saturated carbocycles. The Balaban J connectivity index is 3.11. The number of halogens is 6. The van der Waals surface area contributed by atoms with Crippen molar-refractivity contribution in [2.75, 3.05) is 13.7 Å². The van der Waals surface area contributed by atoms with Crippen LogP contribution >= 0.6 is 0 Å². The topological polar surface area (TPSA) is 97.4 Å². The van der Waals surface area contributed by atoms with Crippen LogP contribution in [0.15, 0.2) is 0 Å². The highest BCUT2D eigenvalue weighted by molar-refractivity contribution is 5.76. The summed E-state index contributed by atoms with van der Waals surface area (Å²) in [6.45, 7) is -0.0547. The maximum Gasteiger partial charge on any atom is 0.490 e. The molecule has 0 aromatic carbocycles. The van der Waals surface area contributed by atoms with Gasteiger partial charge in [-0.05, 0) is 0 Å². The third-order valence-corrected chi connectivity index (χ3v) is 2.88. The summed E-state index contributed by atoms with van der Waals surface area (Å²) in [6.07, 6.45) is -18.8. The van der Waals surface area contributed by atoms with E-state index in [1.54, 1.807) is 0 Å². The fraction of sp³-hybridized carbons (Fsp3) is 0.750. The van der Waals surface area contributed by atoms with E-state index in [4.69, 9.17) is 4.74 Å². The van der Waals surface area contributed by atoms with Crippen LogP contribution in [0.3, 0.4) is 0 Å². The minimum Gasteiger partial charge on any atom is -0.454 e. The molecule has 4 atom stereocenters. The van der Waals surface area contributed by atoms with Crippen LogP contribution in [0.25, 0.3) is 0 Å². The monoisotopic (exact) mass is 398 g/mol. The molecule has 1 aliphatic heterocycles. The van der Waals surface area contributed by atoms with E-state index in [1.165, 1.54) is 0 Å². The van der Waals surface area contributed by atoms with E-state index in [1.807, 2.05) is 0 Å². The molecule has 1 aliphatic rings. The number of carbonyl (C=O) groups excluding carboxylic acids is 3. The van der Waals surface area contributed by atoms with E-state index in [-0.39, 0.29) is 0 Å². The summed E-state index contributed by atoms with van der Waals surface area (Å²) in [5.74, 6) is -6.61. The average Bonchev–Trinajstić information content (AvgIpc) is 2.47. The summed E-state index contributed by atoms with van der Waals surface area (Å²) in [5.41, 5.74) is 0. The minimum atomic E-state index is -5.46. The summed E-state index contributed by atoms with van der Waals surface area (Å²) in [5, 5.41) is 0. The van der Waals surface area contributed by atoms with Crippen LogP contribution < -0.4 is 0 Å². The highest BCUT2D eigenvalue weighted by Gasteiger charge is 2.53. The Morgan fingerprint density at radius 3 is 1.81 bits per heavy atom. The number of carbonyl (C=O) groups is 3. The zero-order valence-electron chi connectivity index (χ0n) is 13.1. The zero-order chi connectivity index (χ0) is 20.3. The maximum atomic E-state index is 12.4. The van der Waals surface area contributed by atoms with Gasteiger partial charge in [-0.15, -0.1) is 0 Å². The van der Waals surface area contributed by atoms with Gasteiger partial charge in [0.25, 0.3) is 0 Å². The van der Waals surface area contributed by atoms with Gasteiger partial charge in [0.2, 0.25) is 0 Å². The lowest BCUT2D eigenvalue weighted by molar-refractivity contribution is -0.288. The van der Waals surface area contributed by atoms with E-state index >= 15 is 0 Å². The van der Waals surface area contributed by atoms with Crippen molar-refractivity contribution in [1.29, 1.82) is 0 Å². The van der Waals surface area contributed by atoms with Crippen molar-refractivity contribution in [3.63, 3.8) is 0 Å². The van der Waals surface area contributed by atoms with Crippen molar-refractivity contribution >= 4 is 17.9 Å². The molecule has 1 saturated heterocycles. The molecule has 1 heterocycles. The SMILES string of the molecule is COC1OCC(OC(=O)C(F)(F)F)C(OC(C)=O)C1OC(=O)C(F)(F)F. The van der Waals surface area contributed by atoms with Gasteiger partial charge in [0.05, 0.1) is 6.61 Å². The lowest BCUT2D eigenvalue weighted by Crippen LogP contribution is -2.59. The normalized spacial score (nSPS) is 26.8. The Labute approximate surface area is 141 Å². The molecule has 0 spiro atoms. The number of hydrogen-bond acceptors (Lipinski definition) is 8. The predicted octanol–water partition coefficient (Wildman–Crippen LogP) is 0.869. The molecule has 4 unspecified atom stereocenters. The number of esters is 3. The predicted molar refractivity (Wildman–Crippen MR) is 64.2 cm³/mol. The standard InChI is InChI=1S/C12H12F6O8/c1-4(19)24-6-5(25-9(20)11(13,14)15)3-23-8(22-2)7(6)26-10(21)12(16,17)18/h5-8H,3H2,1-2H3. The molecule has 0 amide bonds.